The summed E-state index contributed by atoms with van der Waals surface area (Å²) in [5.41, 5.74) is 0. The molecule has 1 aliphatic rings. The fourth-order valence-electron chi connectivity index (χ4n) is 1.78. The van der Waals surface area contributed by atoms with Crippen LogP contribution in [0, 0.1) is 5.92 Å². The zero-order valence-corrected chi connectivity index (χ0v) is 10.2. The minimum Gasteiger partial charge on any atom is -0.492 e. The van der Waals surface area contributed by atoms with Crippen molar-refractivity contribution >= 4 is 15.9 Å². The summed E-state index contributed by atoms with van der Waals surface area (Å²) in [6.45, 7) is 3.08. The average molecular weight is 271 g/mol. The number of hydrogen-bond acceptors (Lipinski definition) is 3. The van der Waals surface area contributed by atoms with Gasteiger partial charge in [0.2, 0.25) is 0 Å². The third-order valence-corrected chi connectivity index (χ3v) is 3.28. The average Bonchev–Trinajstić information content (AvgIpc) is 2.74. The Morgan fingerprint density at radius 1 is 1.60 bits per heavy atom. The van der Waals surface area contributed by atoms with E-state index in [1.807, 2.05) is 6.07 Å². The summed E-state index contributed by atoms with van der Waals surface area (Å²) in [6, 6.07) is 1.89. The molecule has 0 aliphatic carbocycles. The van der Waals surface area contributed by atoms with Gasteiger partial charge in [0.1, 0.15) is 5.75 Å². The van der Waals surface area contributed by atoms with Crippen LogP contribution in [0.3, 0.4) is 0 Å². The van der Waals surface area contributed by atoms with Crippen molar-refractivity contribution in [2.24, 2.45) is 5.92 Å². The number of rotatable bonds is 4. The van der Waals surface area contributed by atoms with Crippen LogP contribution in [0.2, 0.25) is 0 Å². The van der Waals surface area contributed by atoms with E-state index in [1.165, 1.54) is 6.42 Å². The van der Waals surface area contributed by atoms with E-state index in [4.69, 9.17) is 4.74 Å². The minimum absolute atomic E-state index is 0.783. The molecule has 1 fully saturated rings. The molecule has 1 aliphatic heterocycles. The van der Waals surface area contributed by atoms with Gasteiger partial charge in [0.05, 0.1) is 11.1 Å². The molecule has 1 aromatic rings. The fourth-order valence-corrected chi connectivity index (χ4v) is 2.14. The highest BCUT2D eigenvalue weighted by Gasteiger charge is 2.14. The number of nitrogens with zero attached hydrogens (tertiary/aromatic N) is 1. The number of ether oxygens (including phenoxy) is 1. The lowest BCUT2D eigenvalue weighted by Gasteiger charge is -2.10. The van der Waals surface area contributed by atoms with Gasteiger partial charge in [0.25, 0.3) is 0 Å². The molecule has 3 nitrogen and oxygen atoms in total. The quantitative estimate of drug-likeness (QED) is 0.911. The zero-order valence-electron chi connectivity index (χ0n) is 8.58. The Balaban J connectivity index is 1.75. The summed E-state index contributed by atoms with van der Waals surface area (Å²) < 4.78 is 6.61. The standard InChI is InChI=1S/C11H15BrN2O/c12-10-8-14-5-2-11(10)15-6-3-9-1-4-13-7-9/h2,5,8-9,13H,1,3-4,6-7H2. The van der Waals surface area contributed by atoms with Crippen molar-refractivity contribution in [3.8, 4) is 5.75 Å². The van der Waals surface area contributed by atoms with Gasteiger partial charge in [-0.1, -0.05) is 0 Å². The van der Waals surface area contributed by atoms with Crippen molar-refractivity contribution in [3.63, 3.8) is 0 Å². The molecular formula is C11H15BrN2O. The van der Waals surface area contributed by atoms with Crippen LogP contribution in [0.4, 0.5) is 0 Å². The summed E-state index contributed by atoms with van der Waals surface area (Å²) >= 11 is 3.41. The van der Waals surface area contributed by atoms with Crippen molar-refractivity contribution in [1.29, 1.82) is 0 Å². The first kappa shape index (κ1) is 10.9. The zero-order chi connectivity index (χ0) is 10.5. The molecular weight excluding hydrogens is 256 g/mol. The Morgan fingerprint density at radius 2 is 2.53 bits per heavy atom. The summed E-state index contributed by atoms with van der Waals surface area (Å²) in [5, 5.41) is 3.36. The fraction of sp³-hybridized carbons (Fsp3) is 0.545. The van der Waals surface area contributed by atoms with E-state index in [0.29, 0.717) is 0 Å². The van der Waals surface area contributed by atoms with Crippen molar-refractivity contribution in [3.05, 3.63) is 22.9 Å². The number of nitrogens with one attached hydrogen (secondary N) is 1. The van der Waals surface area contributed by atoms with Crippen LogP contribution in [-0.4, -0.2) is 24.7 Å². The third kappa shape index (κ3) is 3.18. The topological polar surface area (TPSA) is 34.1 Å². The number of aromatic nitrogens is 1. The molecule has 1 atom stereocenters. The summed E-state index contributed by atoms with van der Waals surface area (Å²) in [5.74, 6) is 1.67. The first-order valence-corrected chi connectivity index (χ1v) is 6.08. The molecule has 0 aromatic carbocycles. The molecule has 1 N–H and O–H groups in total. The highest BCUT2D eigenvalue weighted by atomic mass is 79.9. The van der Waals surface area contributed by atoms with Crippen molar-refractivity contribution in [2.75, 3.05) is 19.7 Å². The number of halogens is 1. The van der Waals surface area contributed by atoms with Crippen LogP contribution in [0.25, 0.3) is 0 Å². The van der Waals surface area contributed by atoms with Gasteiger partial charge in [-0.2, -0.15) is 0 Å². The maximum atomic E-state index is 5.68. The van der Waals surface area contributed by atoms with Crippen LogP contribution in [0.15, 0.2) is 22.9 Å². The first-order valence-electron chi connectivity index (χ1n) is 5.29. The smallest absolute Gasteiger partial charge is 0.136 e. The van der Waals surface area contributed by atoms with E-state index in [0.717, 1.165) is 42.3 Å². The van der Waals surface area contributed by atoms with Crippen LogP contribution in [-0.2, 0) is 0 Å². The largest absolute Gasteiger partial charge is 0.492 e. The SMILES string of the molecule is Brc1cnccc1OCCC1CCNC1. The lowest BCUT2D eigenvalue weighted by Crippen LogP contribution is -2.11. The Bertz CT molecular complexity index is 313. The molecule has 1 unspecified atom stereocenters. The van der Waals surface area contributed by atoms with Gasteiger partial charge in [-0.05, 0) is 53.8 Å². The number of hydrogen-bond donors (Lipinski definition) is 1. The van der Waals surface area contributed by atoms with Gasteiger partial charge >= 0.3 is 0 Å². The van der Waals surface area contributed by atoms with Gasteiger partial charge in [-0.25, -0.2) is 0 Å². The second-order valence-electron chi connectivity index (χ2n) is 3.80. The van der Waals surface area contributed by atoms with Gasteiger partial charge in [-0.15, -0.1) is 0 Å². The van der Waals surface area contributed by atoms with Crippen LogP contribution in [0.5, 0.6) is 5.75 Å². The van der Waals surface area contributed by atoms with Gasteiger partial charge in [0, 0.05) is 12.4 Å². The van der Waals surface area contributed by atoms with E-state index in [1.54, 1.807) is 12.4 Å². The van der Waals surface area contributed by atoms with E-state index in [2.05, 4.69) is 26.2 Å². The van der Waals surface area contributed by atoms with E-state index in [9.17, 15) is 0 Å². The van der Waals surface area contributed by atoms with E-state index in [-0.39, 0.29) is 0 Å². The Morgan fingerprint density at radius 3 is 3.27 bits per heavy atom. The Hall–Kier alpha value is -0.610. The molecule has 0 saturated carbocycles. The van der Waals surface area contributed by atoms with Crippen molar-refractivity contribution in [2.45, 2.75) is 12.8 Å². The lowest BCUT2D eigenvalue weighted by molar-refractivity contribution is 0.282. The maximum Gasteiger partial charge on any atom is 0.136 e. The molecule has 0 bridgehead atoms. The molecule has 1 saturated heterocycles. The van der Waals surface area contributed by atoms with Crippen LogP contribution < -0.4 is 10.1 Å². The summed E-state index contributed by atoms with van der Waals surface area (Å²) in [6.07, 6.45) is 5.91. The van der Waals surface area contributed by atoms with Crippen molar-refractivity contribution < 1.29 is 4.74 Å². The Kier molecular flexibility index (Phi) is 3.97. The summed E-state index contributed by atoms with van der Waals surface area (Å²) in [4.78, 5) is 3.99. The predicted molar refractivity (Wildman–Crippen MR) is 63.0 cm³/mol. The monoisotopic (exact) mass is 270 g/mol. The van der Waals surface area contributed by atoms with Crippen LogP contribution >= 0.6 is 15.9 Å². The first-order chi connectivity index (χ1) is 7.36. The molecule has 2 heterocycles. The molecule has 0 radical (unpaired) electrons. The molecule has 0 spiro atoms. The normalized spacial score (nSPS) is 20.5. The van der Waals surface area contributed by atoms with Gasteiger partial charge in [0.15, 0.2) is 0 Å². The predicted octanol–water partition coefficient (Wildman–Crippen LogP) is 2.22. The molecule has 0 amide bonds. The second-order valence-corrected chi connectivity index (χ2v) is 4.66. The minimum atomic E-state index is 0.783. The molecule has 82 valence electrons. The molecule has 4 heteroatoms. The van der Waals surface area contributed by atoms with Gasteiger partial charge < -0.3 is 10.1 Å². The van der Waals surface area contributed by atoms with Crippen molar-refractivity contribution in [1.82, 2.24) is 10.3 Å². The van der Waals surface area contributed by atoms with Gasteiger partial charge in [-0.3, -0.25) is 4.98 Å². The lowest BCUT2D eigenvalue weighted by atomic mass is 10.1. The highest BCUT2D eigenvalue weighted by Crippen LogP contribution is 2.23. The van der Waals surface area contributed by atoms with Crippen LogP contribution in [0.1, 0.15) is 12.8 Å². The van der Waals surface area contributed by atoms with E-state index >= 15 is 0 Å². The third-order valence-electron chi connectivity index (χ3n) is 2.68. The number of pyridine rings is 1. The molecule has 2 rings (SSSR count). The molecule has 15 heavy (non-hydrogen) atoms. The Labute approximate surface area is 98.4 Å². The second kappa shape index (κ2) is 5.47. The van der Waals surface area contributed by atoms with E-state index < -0.39 is 0 Å². The maximum absolute atomic E-state index is 5.68. The molecule has 1 aromatic heterocycles. The highest BCUT2D eigenvalue weighted by molar-refractivity contribution is 9.10. The summed E-state index contributed by atoms with van der Waals surface area (Å²) in [7, 11) is 0.